The van der Waals surface area contributed by atoms with Crippen molar-refractivity contribution in [3.05, 3.63) is 264 Å². The number of furan rings is 2. The number of benzene rings is 11. The summed E-state index contributed by atoms with van der Waals surface area (Å²) in [6, 6.07) is 84.8. The van der Waals surface area contributed by atoms with E-state index in [1.165, 1.54) is 88.1 Å². The van der Waals surface area contributed by atoms with Crippen molar-refractivity contribution in [2.24, 2.45) is 0 Å². The molecule has 4 aromatic heterocycles. The molecule has 0 aliphatic heterocycles. The molecule has 0 unspecified atom stereocenters. The van der Waals surface area contributed by atoms with Crippen molar-refractivity contribution in [3.8, 4) is 33.6 Å². The van der Waals surface area contributed by atoms with E-state index in [-0.39, 0.29) is 11.8 Å². The van der Waals surface area contributed by atoms with Crippen molar-refractivity contribution in [1.82, 2.24) is 9.13 Å². The molecule has 0 radical (unpaired) electrons. The second-order valence-corrected chi connectivity index (χ2v) is 19.7. The number of aromatic nitrogens is 2. The first-order valence-corrected chi connectivity index (χ1v) is 25.0. The summed E-state index contributed by atoms with van der Waals surface area (Å²) >= 11 is 0. The minimum Gasteiger partial charge on any atom is -0.456 e. The predicted molar refractivity (Wildman–Crippen MR) is 295 cm³/mol. The lowest BCUT2D eigenvalue weighted by molar-refractivity contribution is 0.668. The number of hydrogen-bond donors (Lipinski definition) is 0. The Hall–Kier alpha value is -9.38. The Morgan fingerprint density at radius 1 is 0.250 bits per heavy atom. The molecule has 15 aromatic rings. The van der Waals surface area contributed by atoms with Crippen molar-refractivity contribution < 1.29 is 8.83 Å². The molecule has 0 spiro atoms. The predicted octanol–water partition coefficient (Wildman–Crippen LogP) is 18.0. The van der Waals surface area contributed by atoms with Gasteiger partial charge < -0.3 is 18.0 Å². The third kappa shape index (κ3) is 4.90. The van der Waals surface area contributed by atoms with Gasteiger partial charge in [0, 0.05) is 66.1 Å². The lowest BCUT2D eigenvalue weighted by atomic mass is 9.59. The molecular formula is C68H40N2O2. The summed E-state index contributed by atoms with van der Waals surface area (Å²) in [7, 11) is 0. The zero-order chi connectivity index (χ0) is 46.8. The molecule has 4 nitrogen and oxygen atoms in total. The summed E-state index contributed by atoms with van der Waals surface area (Å²) in [4.78, 5) is 0. The van der Waals surface area contributed by atoms with Crippen LogP contribution in [0.15, 0.2) is 239 Å². The van der Waals surface area contributed by atoms with Crippen LogP contribution in [0.3, 0.4) is 0 Å². The highest BCUT2D eigenvalue weighted by molar-refractivity contribution is 6.18. The van der Waals surface area contributed by atoms with Crippen molar-refractivity contribution >= 4 is 87.5 Å². The maximum Gasteiger partial charge on any atom is 0.136 e. The summed E-state index contributed by atoms with van der Waals surface area (Å²) in [5.74, 6) is 0.0671. The first-order valence-electron chi connectivity index (χ1n) is 25.0. The monoisotopic (exact) mass is 916 g/mol. The molecule has 0 amide bonds. The third-order valence-corrected chi connectivity index (χ3v) is 16.3. The Morgan fingerprint density at radius 2 is 0.639 bits per heavy atom. The van der Waals surface area contributed by atoms with Gasteiger partial charge in [0.05, 0.1) is 33.4 Å². The molecule has 11 aromatic carbocycles. The Bertz CT molecular complexity index is 4560. The maximum atomic E-state index is 6.46. The standard InChI is InChI=1S/C68H40N2O2/c1-2-20-44-43(19-1)61-49-35-37-55-64(45-21-5-11-29-53(45)69(55)51-27-9-3-17-39(51)41-25-15-33-59-62(41)47-23-7-13-31-57(47)71-59)67(49)66(44)68-50(61)36-38-56-65(68)46-22-6-12-30-54(46)70(56)52-28-10-4-18-40(52)42-26-16-34-60-63(42)48-24-8-14-32-58(48)72-60/h1-38,61,66H. The number of rotatable bonds is 4. The van der Waals surface area contributed by atoms with E-state index >= 15 is 0 Å². The Labute approximate surface area is 412 Å². The lowest BCUT2D eigenvalue weighted by Crippen LogP contribution is -2.28. The van der Waals surface area contributed by atoms with Gasteiger partial charge in [-0.1, -0.05) is 170 Å². The first kappa shape index (κ1) is 38.5. The van der Waals surface area contributed by atoms with Crippen LogP contribution >= 0.6 is 0 Å². The van der Waals surface area contributed by atoms with Gasteiger partial charge in [0.2, 0.25) is 0 Å². The SMILES string of the molecule is c1ccc(-n2c3ccccc3c3c4c(ccc32)C2c3ccccc3C4c3c2ccc2c3c3ccccc3n2-c2ccccc2-c2cccc3oc4ccccc4c23)c(-c2cccc3oc4ccccc4c23)c1. The molecule has 4 heterocycles. The van der Waals surface area contributed by atoms with Crippen LogP contribution in [0.25, 0.3) is 121 Å². The molecule has 3 aliphatic carbocycles. The third-order valence-electron chi connectivity index (χ3n) is 16.3. The quantitative estimate of drug-likeness (QED) is 0.176. The van der Waals surface area contributed by atoms with Crippen LogP contribution in [0.4, 0.5) is 0 Å². The largest absolute Gasteiger partial charge is 0.456 e. The van der Waals surface area contributed by atoms with Gasteiger partial charge in [-0.25, -0.2) is 0 Å². The molecule has 18 rings (SSSR count). The Morgan fingerprint density at radius 3 is 1.15 bits per heavy atom. The average molecular weight is 917 g/mol. The fourth-order valence-corrected chi connectivity index (χ4v) is 13.6. The van der Waals surface area contributed by atoms with Crippen molar-refractivity contribution in [1.29, 1.82) is 0 Å². The maximum absolute atomic E-state index is 6.46. The van der Waals surface area contributed by atoms with Crippen LogP contribution in [-0.4, -0.2) is 9.13 Å². The van der Waals surface area contributed by atoms with E-state index in [2.05, 4.69) is 240 Å². The van der Waals surface area contributed by atoms with Gasteiger partial charge in [-0.3, -0.25) is 0 Å². The van der Waals surface area contributed by atoms with E-state index in [9.17, 15) is 0 Å². The highest BCUT2D eigenvalue weighted by Gasteiger charge is 2.44. The Balaban J connectivity index is 0.942. The van der Waals surface area contributed by atoms with Gasteiger partial charge in [0.1, 0.15) is 22.3 Å². The van der Waals surface area contributed by atoms with E-state index in [1.807, 2.05) is 0 Å². The van der Waals surface area contributed by atoms with E-state index in [1.54, 1.807) is 0 Å². The van der Waals surface area contributed by atoms with Crippen molar-refractivity contribution in [2.45, 2.75) is 11.8 Å². The molecule has 3 aliphatic rings. The van der Waals surface area contributed by atoms with Crippen molar-refractivity contribution in [3.63, 3.8) is 0 Å². The second-order valence-electron chi connectivity index (χ2n) is 19.7. The summed E-state index contributed by atoms with van der Waals surface area (Å²) in [5, 5.41) is 9.72. The van der Waals surface area contributed by atoms with Gasteiger partial charge in [0.25, 0.3) is 0 Å². The van der Waals surface area contributed by atoms with Crippen LogP contribution in [0.1, 0.15) is 45.2 Å². The van der Waals surface area contributed by atoms with E-state index < -0.39 is 0 Å². The molecule has 2 bridgehead atoms. The summed E-state index contributed by atoms with van der Waals surface area (Å²) in [6.45, 7) is 0. The fraction of sp³-hybridized carbons (Fsp3) is 0.0294. The number of nitrogens with zero attached hydrogens (tertiary/aromatic N) is 2. The van der Waals surface area contributed by atoms with Crippen LogP contribution in [0.2, 0.25) is 0 Å². The summed E-state index contributed by atoms with van der Waals surface area (Å²) in [5.41, 5.74) is 23.8. The smallest absolute Gasteiger partial charge is 0.136 e. The summed E-state index contributed by atoms with van der Waals surface area (Å²) < 4.78 is 18.0. The zero-order valence-corrected chi connectivity index (χ0v) is 38.8. The van der Waals surface area contributed by atoms with E-state index in [0.29, 0.717) is 0 Å². The lowest BCUT2D eigenvalue weighted by Gasteiger charge is -2.43. The van der Waals surface area contributed by atoms with Gasteiger partial charge in [-0.05, 0) is 105 Å². The molecule has 72 heavy (non-hydrogen) atoms. The molecular weight excluding hydrogens is 877 g/mol. The molecule has 0 atom stereocenters. The first-order chi connectivity index (χ1) is 35.8. The van der Waals surface area contributed by atoms with Gasteiger partial charge in [-0.15, -0.1) is 0 Å². The number of para-hydroxylation sites is 6. The van der Waals surface area contributed by atoms with Gasteiger partial charge >= 0.3 is 0 Å². The highest BCUT2D eigenvalue weighted by atomic mass is 16.3. The summed E-state index contributed by atoms with van der Waals surface area (Å²) in [6.07, 6.45) is 0. The Kier molecular flexibility index (Phi) is 7.55. The zero-order valence-electron chi connectivity index (χ0n) is 38.8. The second kappa shape index (κ2) is 14.1. The molecule has 4 heteroatoms. The molecule has 0 saturated carbocycles. The number of hydrogen-bond acceptors (Lipinski definition) is 2. The van der Waals surface area contributed by atoms with Gasteiger partial charge in [-0.2, -0.15) is 0 Å². The topological polar surface area (TPSA) is 36.1 Å². The average Bonchev–Trinajstić information content (AvgIpc) is 4.21. The van der Waals surface area contributed by atoms with Crippen LogP contribution in [0.5, 0.6) is 0 Å². The van der Waals surface area contributed by atoms with Crippen LogP contribution in [0, 0.1) is 0 Å². The molecule has 334 valence electrons. The van der Waals surface area contributed by atoms with E-state index in [4.69, 9.17) is 8.83 Å². The van der Waals surface area contributed by atoms with Crippen molar-refractivity contribution in [2.75, 3.05) is 0 Å². The van der Waals surface area contributed by atoms with Crippen LogP contribution in [-0.2, 0) is 0 Å². The number of fused-ring (bicyclic) bond motifs is 12. The molecule has 0 fully saturated rings. The van der Waals surface area contributed by atoms with E-state index in [0.717, 1.165) is 66.4 Å². The minimum atomic E-state index is -0.00955. The molecule has 0 N–H and O–H groups in total. The highest BCUT2D eigenvalue weighted by Crippen LogP contribution is 2.61. The van der Waals surface area contributed by atoms with Gasteiger partial charge in [0.15, 0.2) is 0 Å². The van der Waals surface area contributed by atoms with Crippen LogP contribution < -0.4 is 0 Å². The fourth-order valence-electron chi connectivity index (χ4n) is 13.6. The normalized spacial score (nSPS) is 14.9. The molecule has 0 saturated heterocycles. The minimum absolute atomic E-state index is 0.00955.